The van der Waals surface area contributed by atoms with Crippen LogP contribution in [-0.2, 0) is 14.3 Å². The number of hydrogen-bond donors (Lipinski definition) is 2. The summed E-state index contributed by atoms with van der Waals surface area (Å²) in [6.07, 6.45) is 0.0972. The Morgan fingerprint density at radius 1 is 1.08 bits per heavy atom. The van der Waals surface area contributed by atoms with E-state index in [0.717, 1.165) is 16.8 Å². The average Bonchev–Trinajstić information content (AvgIpc) is 3.23. The number of rotatable bonds is 12. The van der Waals surface area contributed by atoms with Gasteiger partial charge in [0.25, 0.3) is 0 Å². The third-order valence-corrected chi connectivity index (χ3v) is 6.08. The number of nitrogens with one attached hydrogen (secondary N) is 1. The fourth-order valence-electron chi connectivity index (χ4n) is 4.09. The van der Waals surface area contributed by atoms with Crippen molar-refractivity contribution in [3.8, 4) is 11.4 Å². The topological polar surface area (TPSA) is 126 Å². The molecule has 10 nitrogen and oxygen atoms in total. The molecule has 4 rings (SSSR count). The third kappa shape index (κ3) is 6.53. The lowest BCUT2D eigenvalue weighted by Gasteiger charge is -2.14. The van der Waals surface area contributed by atoms with Crippen molar-refractivity contribution < 1.29 is 19.0 Å². The fourth-order valence-corrected chi connectivity index (χ4v) is 4.22. The Bertz CT molecular complexity index is 1240. The molecule has 2 heterocycles. The maximum absolute atomic E-state index is 12.9. The predicted octanol–water partition coefficient (Wildman–Crippen LogP) is 2.63. The number of benzene rings is 2. The minimum Gasteiger partial charge on any atom is -0.497 e. The lowest BCUT2D eigenvalue weighted by molar-refractivity contribution is -0.121. The van der Waals surface area contributed by atoms with E-state index in [1.54, 1.807) is 7.11 Å². The van der Waals surface area contributed by atoms with Crippen molar-refractivity contribution in [3.05, 3.63) is 70.3 Å². The number of carbonyl (C=O) groups is 1. The summed E-state index contributed by atoms with van der Waals surface area (Å²) in [5, 5.41) is 12.2. The highest BCUT2D eigenvalue weighted by Gasteiger charge is 2.30. The van der Waals surface area contributed by atoms with Crippen molar-refractivity contribution in [3.63, 3.8) is 0 Å². The number of carbonyl (C=O) groups excluding carboxylic acids is 1. The summed E-state index contributed by atoms with van der Waals surface area (Å²) >= 11 is 6.15. The number of aliphatic imine (C=N–C) groups is 1. The highest BCUT2D eigenvalue weighted by Crippen LogP contribution is 2.34. The van der Waals surface area contributed by atoms with Crippen LogP contribution in [0.2, 0.25) is 5.02 Å². The Balaban J connectivity index is 1.58. The molecule has 0 fully saturated rings. The van der Waals surface area contributed by atoms with Gasteiger partial charge in [0.05, 0.1) is 51.4 Å². The maximum Gasteiger partial charge on any atom is 0.222 e. The van der Waals surface area contributed by atoms with Crippen molar-refractivity contribution in [2.45, 2.75) is 19.4 Å². The molecule has 196 valence electrons. The smallest absolute Gasteiger partial charge is 0.222 e. The Morgan fingerprint density at radius 2 is 1.84 bits per heavy atom. The molecule has 3 aromatic rings. The van der Waals surface area contributed by atoms with Crippen LogP contribution in [0.5, 0.6) is 5.75 Å². The van der Waals surface area contributed by atoms with E-state index < -0.39 is 6.04 Å². The number of methoxy groups -OCH3 is 1. The first-order valence-electron chi connectivity index (χ1n) is 12.1. The van der Waals surface area contributed by atoms with Crippen LogP contribution in [0.4, 0.5) is 0 Å². The molecular weight excluding hydrogens is 496 g/mol. The highest BCUT2D eigenvalue weighted by atomic mass is 35.5. The van der Waals surface area contributed by atoms with Gasteiger partial charge in [-0.05, 0) is 37.3 Å². The second-order valence-electron chi connectivity index (χ2n) is 8.39. The first kappa shape index (κ1) is 26.7. The molecule has 0 radical (unpaired) electrons. The van der Waals surface area contributed by atoms with Gasteiger partial charge in [0.15, 0.2) is 5.82 Å². The van der Waals surface area contributed by atoms with E-state index in [9.17, 15) is 4.79 Å². The van der Waals surface area contributed by atoms with E-state index in [2.05, 4.69) is 15.5 Å². The van der Waals surface area contributed by atoms with E-state index in [1.807, 2.05) is 54.0 Å². The quantitative estimate of drug-likeness (QED) is 0.347. The SMILES string of the molecule is COc1ccc2c(c1)C(c1ccc(Cl)cc1)=N[C@@H](CC(=O)NCCOCCOCCN)c1nnc(C)n1-2. The molecule has 0 bridgehead atoms. The summed E-state index contributed by atoms with van der Waals surface area (Å²) in [4.78, 5) is 18.0. The molecule has 1 aromatic heterocycles. The van der Waals surface area contributed by atoms with E-state index >= 15 is 0 Å². The zero-order valence-corrected chi connectivity index (χ0v) is 21.7. The number of aromatic nitrogens is 3. The van der Waals surface area contributed by atoms with Gasteiger partial charge in [-0.3, -0.25) is 14.4 Å². The van der Waals surface area contributed by atoms with Gasteiger partial charge in [-0.15, -0.1) is 10.2 Å². The molecule has 2 aromatic carbocycles. The normalized spacial score (nSPS) is 14.4. The van der Waals surface area contributed by atoms with Crippen molar-refractivity contribution >= 4 is 23.2 Å². The molecule has 1 amide bonds. The Morgan fingerprint density at radius 3 is 2.57 bits per heavy atom. The summed E-state index contributed by atoms with van der Waals surface area (Å²) in [6.45, 7) is 4.52. The fraction of sp³-hybridized carbons (Fsp3) is 0.385. The molecule has 0 aliphatic carbocycles. The number of nitrogens with two attached hydrogens (primary N) is 1. The highest BCUT2D eigenvalue weighted by molar-refractivity contribution is 6.30. The van der Waals surface area contributed by atoms with E-state index in [-0.39, 0.29) is 12.3 Å². The van der Waals surface area contributed by atoms with Crippen LogP contribution in [0.1, 0.15) is 35.2 Å². The van der Waals surface area contributed by atoms with Crippen LogP contribution >= 0.6 is 11.6 Å². The second kappa shape index (κ2) is 12.8. The largest absolute Gasteiger partial charge is 0.497 e. The molecule has 0 saturated carbocycles. The van der Waals surface area contributed by atoms with Crippen molar-refractivity contribution in [2.24, 2.45) is 10.7 Å². The van der Waals surface area contributed by atoms with Gasteiger partial charge >= 0.3 is 0 Å². The Labute approximate surface area is 220 Å². The van der Waals surface area contributed by atoms with Crippen LogP contribution in [0.15, 0.2) is 47.5 Å². The molecule has 0 unspecified atom stereocenters. The van der Waals surface area contributed by atoms with Gasteiger partial charge in [-0.1, -0.05) is 23.7 Å². The summed E-state index contributed by atoms with van der Waals surface area (Å²) < 4.78 is 18.2. The average molecular weight is 527 g/mol. The van der Waals surface area contributed by atoms with Gasteiger partial charge in [0.1, 0.15) is 17.6 Å². The zero-order chi connectivity index (χ0) is 26.2. The van der Waals surface area contributed by atoms with Gasteiger partial charge in [0, 0.05) is 29.2 Å². The Kier molecular flexibility index (Phi) is 9.24. The molecule has 1 atom stereocenters. The number of nitrogens with zero attached hydrogens (tertiary/aromatic N) is 4. The molecule has 37 heavy (non-hydrogen) atoms. The van der Waals surface area contributed by atoms with Crippen molar-refractivity contribution in [1.29, 1.82) is 0 Å². The zero-order valence-electron chi connectivity index (χ0n) is 20.9. The van der Waals surface area contributed by atoms with E-state index in [1.165, 1.54) is 0 Å². The molecular formula is C26H31ClN6O4. The molecule has 0 saturated heterocycles. The number of aryl methyl sites for hydroxylation is 1. The van der Waals surface area contributed by atoms with Crippen LogP contribution < -0.4 is 15.8 Å². The van der Waals surface area contributed by atoms with Crippen molar-refractivity contribution in [2.75, 3.05) is 46.6 Å². The maximum atomic E-state index is 12.9. The van der Waals surface area contributed by atoms with Crippen LogP contribution in [0, 0.1) is 6.92 Å². The number of halogens is 1. The minimum absolute atomic E-state index is 0.0972. The predicted molar refractivity (Wildman–Crippen MR) is 141 cm³/mol. The number of ether oxygens (including phenoxy) is 3. The third-order valence-electron chi connectivity index (χ3n) is 5.83. The molecule has 1 aliphatic heterocycles. The molecule has 0 spiro atoms. The van der Waals surface area contributed by atoms with Crippen LogP contribution in [0.25, 0.3) is 5.69 Å². The summed E-state index contributed by atoms with van der Waals surface area (Å²) in [5.74, 6) is 1.82. The monoisotopic (exact) mass is 526 g/mol. The molecule has 3 N–H and O–H groups in total. The van der Waals surface area contributed by atoms with Gasteiger partial charge in [-0.25, -0.2) is 0 Å². The lowest BCUT2D eigenvalue weighted by atomic mass is 10.00. The van der Waals surface area contributed by atoms with E-state index in [0.29, 0.717) is 67.6 Å². The molecule has 11 heteroatoms. The number of amides is 1. The summed E-state index contributed by atoms with van der Waals surface area (Å²) in [6, 6.07) is 12.7. The van der Waals surface area contributed by atoms with Gasteiger partial charge in [0.2, 0.25) is 5.91 Å². The van der Waals surface area contributed by atoms with Gasteiger partial charge in [-0.2, -0.15) is 0 Å². The number of fused-ring (bicyclic) bond motifs is 3. The summed E-state index contributed by atoms with van der Waals surface area (Å²) in [5.41, 5.74) is 8.68. The number of hydrogen-bond acceptors (Lipinski definition) is 8. The minimum atomic E-state index is -0.559. The van der Waals surface area contributed by atoms with Crippen LogP contribution in [-0.4, -0.2) is 73.0 Å². The second-order valence-corrected chi connectivity index (χ2v) is 8.83. The first-order valence-corrected chi connectivity index (χ1v) is 12.5. The Hall–Kier alpha value is -3.31. The summed E-state index contributed by atoms with van der Waals surface area (Å²) in [7, 11) is 1.62. The lowest BCUT2D eigenvalue weighted by Crippen LogP contribution is -2.29. The van der Waals surface area contributed by atoms with Crippen LogP contribution in [0.3, 0.4) is 0 Å². The van der Waals surface area contributed by atoms with Gasteiger partial charge < -0.3 is 25.3 Å². The first-order chi connectivity index (χ1) is 18.0. The van der Waals surface area contributed by atoms with Crippen molar-refractivity contribution in [1.82, 2.24) is 20.1 Å². The standard InChI is InChI=1S/C26H31ClN6O4/c1-17-31-32-26-22(16-24(34)29-10-12-37-14-13-36-11-9-28)30-25(18-3-5-19(27)6-4-18)21-15-20(35-2)7-8-23(21)33(17)26/h3-8,15,22H,9-14,16,28H2,1-2H3,(H,29,34)/t22-/m0/s1. The van der Waals surface area contributed by atoms with E-state index in [4.69, 9.17) is 36.5 Å². The molecule has 1 aliphatic rings.